The van der Waals surface area contributed by atoms with Crippen LogP contribution in [0.2, 0.25) is 0 Å². The Hall–Kier alpha value is -3.59. The summed E-state index contributed by atoms with van der Waals surface area (Å²) < 4.78 is 17.7. The predicted octanol–water partition coefficient (Wildman–Crippen LogP) is 2.55. The number of hydrogen-bond acceptors (Lipinski definition) is 7. The molecule has 35 heavy (non-hydrogen) atoms. The Morgan fingerprint density at radius 1 is 0.914 bits per heavy atom. The van der Waals surface area contributed by atoms with Gasteiger partial charge in [-0.25, -0.2) is 0 Å². The van der Waals surface area contributed by atoms with Crippen LogP contribution in [0, 0.1) is 5.41 Å². The van der Waals surface area contributed by atoms with Gasteiger partial charge >= 0.3 is 0 Å². The van der Waals surface area contributed by atoms with Gasteiger partial charge in [-0.05, 0) is 44.1 Å². The van der Waals surface area contributed by atoms with E-state index in [4.69, 9.17) is 14.2 Å². The van der Waals surface area contributed by atoms with E-state index in [-0.39, 0.29) is 16.9 Å². The number of rotatable bonds is 7. The third-order valence-electron chi connectivity index (χ3n) is 7.34. The number of methoxy groups -OCH3 is 3. The molecule has 1 amide bonds. The van der Waals surface area contributed by atoms with Crippen molar-refractivity contribution in [2.24, 2.45) is 5.41 Å². The fraction of sp³-hybridized carbons (Fsp3) is 0.423. The quantitative estimate of drug-likeness (QED) is 0.483. The highest BCUT2D eigenvalue weighted by molar-refractivity contribution is 6.04. The molecule has 2 aliphatic heterocycles. The van der Waals surface area contributed by atoms with Gasteiger partial charge in [0.1, 0.15) is 5.75 Å². The van der Waals surface area contributed by atoms with Crippen LogP contribution in [0.25, 0.3) is 11.0 Å². The Bertz CT molecular complexity index is 1310. The van der Waals surface area contributed by atoms with Crippen LogP contribution >= 0.6 is 0 Å². The third-order valence-corrected chi connectivity index (χ3v) is 7.34. The van der Waals surface area contributed by atoms with Gasteiger partial charge < -0.3 is 28.6 Å². The lowest BCUT2D eigenvalue weighted by Gasteiger charge is -2.52. The van der Waals surface area contributed by atoms with Gasteiger partial charge in [0.05, 0.1) is 44.0 Å². The van der Waals surface area contributed by atoms with Crippen LogP contribution in [0.4, 0.5) is 5.69 Å². The normalized spacial score (nSPS) is 17.5. The summed E-state index contributed by atoms with van der Waals surface area (Å²) in [5.74, 6) is 2.06. The van der Waals surface area contributed by atoms with Crippen molar-refractivity contribution in [2.75, 3.05) is 52.4 Å². The second-order valence-corrected chi connectivity index (χ2v) is 9.16. The maximum atomic E-state index is 13.2. The highest BCUT2D eigenvalue weighted by Gasteiger charge is 2.53. The van der Waals surface area contributed by atoms with Crippen LogP contribution < -0.4 is 24.7 Å². The van der Waals surface area contributed by atoms with E-state index in [1.165, 1.54) is 0 Å². The van der Waals surface area contributed by atoms with Crippen LogP contribution in [-0.4, -0.2) is 67.9 Å². The molecule has 4 heterocycles. The summed E-state index contributed by atoms with van der Waals surface area (Å²) in [4.78, 5) is 34.3. The molecular weight excluding hydrogens is 448 g/mol. The van der Waals surface area contributed by atoms with Crippen molar-refractivity contribution in [1.82, 2.24) is 14.5 Å². The lowest BCUT2D eigenvalue weighted by molar-refractivity contribution is -0.138. The minimum absolute atomic E-state index is 0.0548. The average molecular weight is 479 g/mol. The number of fused-ring (bicyclic) bond motifs is 1. The lowest BCUT2D eigenvalue weighted by atomic mass is 9.71. The summed E-state index contributed by atoms with van der Waals surface area (Å²) in [6.45, 7) is 3.66. The summed E-state index contributed by atoms with van der Waals surface area (Å²) in [6, 6.07) is 10.7. The van der Waals surface area contributed by atoms with Crippen molar-refractivity contribution in [2.45, 2.75) is 19.4 Å². The molecule has 0 bridgehead atoms. The van der Waals surface area contributed by atoms with Gasteiger partial charge in [-0.15, -0.1) is 0 Å². The van der Waals surface area contributed by atoms with E-state index >= 15 is 0 Å². The van der Waals surface area contributed by atoms with Gasteiger partial charge in [-0.3, -0.25) is 14.6 Å². The van der Waals surface area contributed by atoms with Crippen molar-refractivity contribution in [3.05, 3.63) is 52.9 Å². The van der Waals surface area contributed by atoms with E-state index in [1.807, 2.05) is 29.2 Å². The molecule has 0 saturated carbocycles. The molecule has 9 heteroatoms. The first-order valence-corrected chi connectivity index (χ1v) is 11.8. The molecule has 0 aliphatic carbocycles. The summed E-state index contributed by atoms with van der Waals surface area (Å²) in [7, 11) is 4.78. The molecule has 0 N–H and O–H groups in total. The zero-order chi connectivity index (χ0) is 24.6. The number of carbonyl (C=O) groups is 1. The number of ether oxygens (including phenoxy) is 3. The smallest absolute Gasteiger partial charge is 0.251 e. The minimum atomic E-state index is -0.294. The van der Waals surface area contributed by atoms with Crippen LogP contribution in [0.1, 0.15) is 12.8 Å². The number of carbonyl (C=O) groups excluding carboxylic acids is 1. The molecule has 5 rings (SSSR count). The Kier molecular flexibility index (Phi) is 6.10. The topological polar surface area (TPSA) is 86.1 Å². The molecule has 0 radical (unpaired) electrons. The number of β-lactam (4-membered cyclic amide) rings is 1. The van der Waals surface area contributed by atoms with Crippen LogP contribution in [-0.2, 0) is 11.3 Å². The number of amides is 1. The Morgan fingerprint density at radius 2 is 1.69 bits per heavy atom. The fourth-order valence-corrected chi connectivity index (χ4v) is 5.15. The highest BCUT2D eigenvalue weighted by atomic mass is 16.5. The van der Waals surface area contributed by atoms with Crippen molar-refractivity contribution in [1.29, 1.82) is 0 Å². The van der Waals surface area contributed by atoms with Crippen molar-refractivity contribution < 1.29 is 19.0 Å². The molecule has 1 spiro atoms. The molecule has 184 valence electrons. The first-order chi connectivity index (χ1) is 17.0. The Balaban J connectivity index is 1.22. The summed E-state index contributed by atoms with van der Waals surface area (Å²) >= 11 is 0. The lowest BCUT2D eigenvalue weighted by Crippen LogP contribution is -2.65. The number of pyridine rings is 2. The molecule has 0 atom stereocenters. The van der Waals surface area contributed by atoms with E-state index in [2.05, 4.69) is 9.88 Å². The standard InChI is InChI=1S/C26H30N4O5/c1-33-19-15-21-20(27-16-19)5-7-24(31)29(21)13-12-28-10-8-26(9-11-28)17-30(25(26)32)18-4-6-22(34-2)23(14-18)35-3/h4-7,14-16H,8-13,17H2,1-3H3. The number of anilines is 1. The van der Waals surface area contributed by atoms with Crippen LogP contribution in [0.5, 0.6) is 17.2 Å². The molecule has 2 saturated heterocycles. The Morgan fingerprint density at radius 3 is 2.37 bits per heavy atom. The summed E-state index contributed by atoms with van der Waals surface area (Å²) in [6.07, 6.45) is 3.28. The first kappa shape index (κ1) is 23.2. The maximum absolute atomic E-state index is 13.2. The Labute approximate surface area is 203 Å². The number of nitrogens with zero attached hydrogens (tertiary/aromatic N) is 4. The molecule has 2 fully saturated rings. The van der Waals surface area contributed by atoms with Gasteiger partial charge in [0, 0.05) is 43.5 Å². The van der Waals surface area contributed by atoms with E-state index in [0.29, 0.717) is 30.3 Å². The summed E-state index contributed by atoms with van der Waals surface area (Å²) in [5.41, 5.74) is 2.02. The monoisotopic (exact) mass is 478 g/mol. The summed E-state index contributed by atoms with van der Waals surface area (Å²) in [5, 5.41) is 0. The second kappa shape index (κ2) is 9.22. The number of hydrogen-bond donors (Lipinski definition) is 0. The van der Waals surface area contributed by atoms with Gasteiger partial charge in [0.25, 0.3) is 5.56 Å². The first-order valence-electron chi connectivity index (χ1n) is 11.8. The van der Waals surface area contributed by atoms with Crippen LogP contribution in [0.3, 0.4) is 0 Å². The minimum Gasteiger partial charge on any atom is -0.495 e. The zero-order valence-electron chi connectivity index (χ0n) is 20.3. The van der Waals surface area contributed by atoms with Crippen molar-refractivity contribution >= 4 is 22.6 Å². The van der Waals surface area contributed by atoms with Gasteiger partial charge in [0.2, 0.25) is 5.91 Å². The third kappa shape index (κ3) is 4.10. The maximum Gasteiger partial charge on any atom is 0.251 e. The van der Waals surface area contributed by atoms with Gasteiger partial charge in [0.15, 0.2) is 11.5 Å². The number of piperidine rings is 1. The predicted molar refractivity (Wildman–Crippen MR) is 133 cm³/mol. The fourth-order valence-electron chi connectivity index (χ4n) is 5.15. The number of aromatic nitrogens is 2. The van der Waals surface area contributed by atoms with E-state index in [9.17, 15) is 9.59 Å². The molecule has 0 unspecified atom stereocenters. The van der Waals surface area contributed by atoms with Crippen molar-refractivity contribution in [3.8, 4) is 17.2 Å². The highest BCUT2D eigenvalue weighted by Crippen LogP contribution is 2.45. The second-order valence-electron chi connectivity index (χ2n) is 9.16. The number of likely N-dealkylation sites (tertiary alicyclic amines) is 1. The van der Waals surface area contributed by atoms with Crippen LogP contribution in [0.15, 0.2) is 47.4 Å². The zero-order valence-corrected chi connectivity index (χ0v) is 20.3. The van der Waals surface area contributed by atoms with Gasteiger partial charge in [-0.1, -0.05) is 0 Å². The molecule has 2 aromatic heterocycles. The van der Waals surface area contributed by atoms with E-state index in [0.717, 1.165) is 49.2 Å². The largest absolute Gasteiger partial charge is 0.495 e. The average Bonchev–Trinajstić information content (AvgIpc) is 2.90. The SMILES string of the molecule is COc1cnc2ccc(=O)n(CCN3CCC4(CC3)CN(c3ccc(OC)c(OC)c3)C4=O)c2c1. The van der Waals surface area contributed by atoms with Crippen molar-refractivity contribution in [3.63, 3.8) is 0 Å². The van der Waals surface area contributed by atoms with E-state index < -0.39 is 0 Å². The van der Waals surface area contributed by atoms with E-state index in [1.54, 1.807) is 44.2 Å². The molecular formula is C26H30N4O5. The molecule has 1 aromatic carbocycles. The molecule has 3 aromatic rings. The number of benzene rings is 1. The molecule has 9 nitrogen and oxygen atoms in total. The van der Waals surface area contributed by atoms with Gasteiger partial charge in [-0.2, -0.15) is 0 Å². The molecule has 2 aliphatic rings.